The van der Waals surface area contributed by atoms with Gasteiger partial charge in [-0.2, -0.15) is 5.26 Å². The third-order valence-electron chi connectivity index (χ3n) is 1.98. The van der Waals surface area contributed by atoms with Gasteiger partial charge in [0.15, 0.2) is 0 Å². The average Bonchev–Trinajstić information content (AvgIpc) is 2.81. The van der Waals surface area contributed by atoms with E-state index < -0.39 is 0 Å². The monoisotopic (exact) mass is 254 g/mol. The summed E-state index contributed by atoms with van der Waals surface area (Å²) in [4.78, 5) is 12.1. The molecule has 92 valence electrons. The van der Waals surface area contributed by atoms with E-state index in [2.05, 4.69) is 5.32 Å². The maximum absolute atomic E-state index is 11.6. The molecule has 0 fully saturated rings. The summed E-state index contributed by atoms with van der Waals surface area (Å²) >= 11 is 1.26. The van der Waals surface area contributed by atoms with E-state index in [0.717, 1.165) is 0 Å². The van der Waals surface area contributed by atoms with Crippen LogP contribution in [0, 0.1) is 11.3 Å². The molecule has 0 radical (unpaired) electrons. The fourth-order valence-electron chi connectivity index (χ4n) is 1.20. The molecule has 1 aromatic rings. The van der Waals surface area contributed by atoms with E-state index in [9.17, 15) is 4.79 Å². The second kappa shape index (κ2) is 7.79. The molecule has 2 N–H and O–H groups in total. The van der Waals surface area contributed by atoms with E-state index in [0.29, 0.717) is 36.6 Å². The third kappa shape index (κ3) is 4.53. The molecule has 17 heavy (non-hydrogen) atoms. The van der Waals surface area contributed by atoms with Crippen LogP contribution in [0.15, 0.2) is 11.4 Å². The topological polar surface area (TPSA) is 82.4 Å². The van der Waals surface area contributed by atoms with E-state index in [1.807, 2.05) is 6.07 Å². The molecule has 0 spiro atoms. The molecule has 1 aromatic heterocycles. The van der Waals surface area contributed by atoms with Gasteiger partial charge in [-0.25, -0.2) is 0 Å². The van der Waals surface area contributed by atoms with Crippen molar-refractivity contribution in [2.45, 2.75) is 6.42 Å². The van der Waals surface area contributed by atoms with Gasteiger partial charge >= 0.3 is 0 Å². The summed E-state index contributed by atoms with van der Waals surface area (Å²) in [7, 11) is 0. The Morgan fingerprint density at radius 1 is 1.59 bits per heavy atom. The van der Waals surface area contributed by atoms with Crippen molar-refractivity contribution in [2.75, 3.05) is 26.4 Å². The van der Waals surface area contributed by atoms with Gasteiger partial charge in [0.05, 0.1) is 18.8 Å². The molecular weight excluding hydrogens is 240 g/mol. The molecule has 0 saturated heterocycles. The molecule has 0 unspecified atom stereocenters. The number of thiophene rings is 1. The Hall–Kier alpha value is -1.42. The van der Waals surface area contributed by atoms with Crippen LogP contribution in [-0.4, -0.2) is 37.4 Å². The van der Waals surface area contributed by atoms with Crippen LogP contribution in [0.2, 0.25) is 0 Å². The van der Waals surface area contributed by atoms with Gasteiger partial charge in [0.25, 0.3) is 5.91 Å². The summed E-state index contributed by atoms with van der Waals surface area (Å²) in [6.45, 7) is 1.31. The number of aliphatic hydroxyl groups excluding tert-OH is 1. The lowest BCUT2D eigenvalue weighted by molar-refractivity contribution is 0.0869. The Kier molecular flexibility index (Phi) is 6.25. The SMILES string of the molecule is N#Cc1ccsc1C(=O)NCCCOCCO. The number of hydrogen-bond acceptors (Lipinski definition) is 5. The number of nitrogens with zero attached hydrogens (tertiary/aromatic N) is 1. The van der Waals surface area contributed by atoms with Gasteiger partial charge in [-0.15, -0.1) is 11.3 Å². The Labute approximate surface area is 104 Å². The smallest absolute Gasteiger partial charge is 0.262 e. The Morgan fingerprint density at radius 2 is 2.41 bits per heavy atom. The van der Waals surface area contributed by atoms with Crippen molar-refractivity contribution in [3.63, 3.8) is 0 Å². The second-order valence-electron chi connectivity index (χ2n) is 3.22. The molecule has 0 aliphatic rings. The van der Waals surface area contributed by atoms with Crippen molar-refractivity contribution in [3.05, 3.63) is 21.9 Å². The summed E-state index contributed by atoms with van der Waals surface area (Å²) in [5.74, 6) is -0.223. The first-order valence-electron chi connectivity index (χ1n) is 5.24. The molecule has 0 aliphatic heterocycles. The molecule has 1 amide bonds. The number of aliphatic hydroxyl groups is 1. The predicted octanol–water partition coefficient (Wildman–Crippen LogP) is 0.749. The van der Waals surface area contributed by atoms with E-state index >= 15 is 0 Å². The van der Waals surface area contributed by atoms with Gasteiger partial charge in [0.2, 0.25) is 0 Å². The fraction of sp³-hybridized carbons (Fsp3) is 0.455. The highest BCUT2D eigenvalue weighted by molar-refractivity contribution is 7.12. The number of rotatable bonds is 7. The van der Waals surface area contributed by atoms with Crippen LogP contribution >= 0.6 is 11.3 Å². The lowest BCUT2D eigenvalue weighted by atomic mass is 10.2. The first-order chi connectivity index (χ1) is 8.29. The lowest BCUT2D eigenvalue weighted by Crippen LogP contribution is -2.25. The molecule has 0 bridgehead atoms. The molecule has 0 aromatic carbocycles. The van der Waals surface area contributed by atoms with Gasteiger partial charge in [0, 0.05) is 13.2 Å². The third-order valence-corrected chi connectivity index (χ3v) is 2.89. The highest BCUT2D eigenvalue weighted by atomic mass is 32.1. The summed E-state index contributed by atoms with van der Waals surface area (Å²) in [5.41, 5.74) is 0.407. The summed E-state index contributed by atoms with van der Waals surface area (Å²) in [6.07, 6.45) is 0.680. The largest absolute Gasteiger partial charge is 0.394 e. The minimum absolute atomic E-state index is 0.00703. The average molecular weight is 254 g/mol. The number of amides is 1. The zero-order chi connectivity index (χ0) is 12.5. The van der Waals surface area contributed by atoms with Crippen LogP contribution in [0.4, 0.5) is 0 Å². The van der Waals surface area contributed by atoms with Crippen LogP contribution < -0.4 is 5.32 Å². The predicted molar refractivity (Wildman–Crippen MR) is 63.9 cm³/mol. The molecule has 0 aliphatic carbocycles. The van der Waals surface area contributed by atoms with Crippen LogP contribution in [0.1, 0.15) is 21.7 Å². The van der Waals surface area contributed by atoms with E-state index in [1.54, 1.807) is 11.4 Å². The number of carbonyl (C=O) groups excluding carboxylic acids is 1. The second-order valence-corrected chi connectivity index (χ2v) is 4.14. The van der Waals surface area contributed by atoms with Crippen molar-refractivity contribution < 1.29 is 14.6 Å². The highest BCUT2D eigenvalue weighted by Gasteiger charge is 2.11. The molecular formula is C11H14N2O3S. The molecule has 1 rings (SSSR count). The number of carbonyl (C=O) groups is 1. The first-order valence-corrected chi connectivity index (χ1v) is 6.12. The van der Waals surface area contributed by atoms with Gasteiger partial charge in [-0.1, -0.05) is 0 Å². The molecule has 0 atom stereocenters. The molecule has 0 saturated carbocycles. The minimum atomic E-state index is -0.223. The minimum Gasteiger partial charge on any atom is -0.394 e. The van der Waals surface area contributed by atoms with E-state index in [4.69, 9.17) is 15.1 Å². The van der Waals surface area contributed by atoms with Gasteiger partial charge in [0.1, 0.15) is 10.9 Å². The Morgan fingerprint density at radius 3 is 3.12 bits per heavy atom. The van der Waals surface area contributed by atoms with Crippen molar-refractivity contribution in [2.24, 2.45) is 0 Å². The zero-order valence-electron chi connectivity index (χ0n) is 9.31. The van der Waals surface area contributed by atoms with Crippen LogP contribution in [-0.2, 0) is 4.74 Å². The maximum atomic E-state index is 11.6. The fourth-order valence-corrected chi connectivity index (χ4v) is 1.96. The van der Waals surface area contributed by atoms with Gasteiger partial charge in [-0.05, 0) is 17.9 Å². The van der Waals surface area contributed by atoms with Crippen molar-refractivity contribution in [1.82, 2.24) is 5.32 Å². The normalized spacial score (nSPS) is 9.88. The molecule has 1 heterocycles. The molecule has 5 nitrogen and oxygen atoms in total. The van der Waals surface area contributed by atoms with E-state index in [-0.39, 0.29) is 12.5 Å². The molecule has 6 heteroatoms. The Balaban J connectivity index is 2.24. The Bertz CT molecular complexity index is 398. The number of nitriles is 1. The van der Waals surface area contributed by atoms with Gasteiger partial charge < -0.3 is 15.2 Å². The lowest BCUT2D eigenvalue weighted by Gasteiger charge is -2.04. The van der Waals surface area contributed by atoms with Gasteiger partial charge in [-0.3, -0.25) is 4.79 Å². The first kappa shape index (κ1) is 13.6. The summed E-state index contributed by atoms with van der Waals surface area (Å²) < 4.78 is 5.05. The maximum Gasteiger partial charge on any atom is 0.262 e. The van der Waals surface area contributed by atoms with Crippen molar-refractivity contribution in [1.29, 1.82) is 5.26 Å². The quantitative estimate of drug-likeness (QED) is 0.703. The van der Waals surface area contributed by atoms with Crippen LogP contribution in [0.3, 0.4) is 0 Å². The number of nitrogens with one attached hydrogen (secondary N) is 1. The highest BCUT2D eigenvalue weighted by Crippen LogP contribution is 2.15. The standard InChI is InChI=1S/C11H14N2O3S/c12-8-9-2-7-17-10(9)11(15)13-3-1-5-16-6-4-14/h2,7,14H,1,3-6H2,(H,13,15). The number of hydrogen-bond donors (Lipinski definition) is 2. The van der Waals surface area contributed by atoms with Crippen molar-refractivity contribution >= 4 is 17.2 Å². The van der Waals surface area contributed by atoms with Crippen molar-refractivity contribution in [3.8, 4) is 6.07 Å². The zero-order valence-corrected chi connectivity index (χ0v) is 10.1. The van der Waals surface area contributed by atoms with E-state index in [1.165, 1.54) is 11.3 Å². The number of ether oxygens (including phenoxy) is 1. The summed E-state index contributed by atoms with van der Waals surface area (Å²) in [6, 6.07) is 3.60. The van der Waals surface area contributed by atoms with Crippen LogP contribution in [0.5, 0.6) is 0 Å². The van der Waals surface area contributed by atoms with Crippen LogP contribution in [0.25, 0.3) is 0 Å². The summed E-state index contributed by atoms with van der Waals surface area (Å²) in [5, 5.41) is 21.7.